The van der Waals surface area contributed by atoms with Gasteiger partial charge in [0.05, 0.1) is 26.9 Å². The summed E-state index contributed by atoms with van der Waals surface area (Å²) in [5.41, 5.74) is 1.82. The largest absolute Gasteiger partial charge is 0.497 e. The number of para-hydroxylation sites is 1. The van der Waals surface area contributed by atoms with E-state index in [9.17, 15) is 5.11 Å². The molecule has 1 atom stereocenters. The molecule has 0 radical (unpaired) electrons. The highest BCUT2D eigenvalue weighted by Gasteiger charge is 2.09. The predicted molar refractivity (Wildman–Crippen MR) is 104 cm³/mol. The van der Waals surface area contributed by atoms with Gasteiger partial charge in [0.25, 0.3) is 0 Å². The first-order valence-corrected chi connectivity index (χ1v) is 8.64. The van der Waals surface area contributed by atoms with Crippen molar-refractivity contribution in [3.05, 3.63) is 59.7 Å². The minimum Gasteiger partial charge on any atom is -0.497 e. The smallest absolute Gasteiger partial charge is 0.191 e. The van der Waals surface area contributed by atoms with Gasteiger partial charge in [-0.05, 0) is 30.7 Å². The van der Waals surface area contributed by atoms with Crippen LogP contribution >= 0.6 is 0 Å². The van der Waals surface area contributed by atoms with Gasteiger partial charge in [0.2, 0.25) is 0 Å². The highest BCUT2D eigenvalue weighted by atomic mass is 16.5. The molecule has 2 rings (SSSR count). The molecule has 140 valence electrons. The van der Waals surface area contributed by atoms with Crippen molar-refractivity contribution >= 4 is 5.96 Å². The molecule has 2 aromatic carbocycles. The van der Waals surface area contributed by atoms with Crippen molar-refractivity contribution in [3.63, 3.8) is 0 Å². The van der Waals surface area contributed by atoms with E-state index in [4.69, 9.17) is 9.47 Å². The third-order valence-corrected chi connectivity index (χ3v) is 3.91. The summed E-state index contributed by atoms with van der Waals surface area (Å²) >= 11 is 0. The molecule has 0 fully saturated rings. The van der Waals surface area contributed by atoms with Crippen molar-refractivity contribution in [1.29, 1.82) is 0 Å². The van der Waals surface area contributed by atoms with E-state index in [2.05, 4.69) is 15.6 Å². The number of hydrogen-bond donors (Lipinski definition) is 3. The first kappa shape index (κ1) is 19.6. The molecule has 0 bridgehead atoms. The van der Waals surface area contributed by atoms with E-state index in [0.29, 0.717) is 19.0 Å². The Balaban J connectivity index is 1.98. The maximum absolute atomic E-state index is 10.4. The second-order valence-electron chi connectivity index (χ2n) is 5.68. The molecule has 3 N–H and O–H groups in total. The van der Waals surface area contributed by atoms with Crippen LogP contribution in [0.3, 0.4) is 0 Å². The van der Waals surface area contributed by atoms with Gasteiger partial charge >= 0.3 is 0 Å². The molecule has 6 nitrogen and oxygen atoms in total. The molecule has 0 aromatic heterocycles. The average Bonchev–Trinajstić information content (AvgIpc) is 2.70. The number of aliphatic hydroxyl groups is 1. The van der Waals surface area contributed by atoms with E-state index >= 15 is 0 Å². The molecule has 0 aliphatic heterocycles. The molecule has 2 aromatic rings. The van der Waals surface area contributed by atoms with Gasteiger partial charge in [0.15, 0.2) is 5.96 Å². The third-order valence-electron chi connectivity index (χ3n) is 3.91. The Morgan fingerprint density at radius 2 is 1.77 bits per heavy atom. The first-order valence-electron chi connectivity index (χ1n) is 8.64. The molecule has 0 spiro atoms. The Kier molecular flexibility index (Phi) is 7.76. The van der Waals surface area contributed by atoms with Crippen molar-refractivity contribution in [3.8, 4) is 11.5 Å². The summed E-state index contributed by atoms with van der Waals surface area (Å²) in [6.45, 7) is 3.57. The van der Waals surface area contributed by atoms with E-state index in [0.717, 1.165) is 29.2 Å². The molecular weight excluding hydrogens is 330 g/mol. The third kappa shape index (κ3) is 5.67. The Labute approximate surface area is 154 Å². The van der Waals surface area contributed by atoms with Crippen LogP contribution in [0, 0.1) is 0 Å². The number of nitrogens with zero attached hydrogens (tertiary/aromatic N) is 1. The zero-order valence-electron chi connectivity index (χ0n) is 15.5. The quantitative estimate of drug-likeness (QED) is 0.500. The lowest BCUT2D eigenvalue weighted by Gasteiger charge is -2.16. The van der Waals surface area contributed by atoms with Gasteiger partial charge in [-0.2, -0.15) is 0 Å². The molecule has 0 aliphatic carbocycles. The van der Waals surface area contributed by atoms with E-state index in [-0.39, 0.29) is 0 Å². The molecule has 6 heteroatoms. The highest BCUT2D eigenvalue weighted by Crippen LogP contribution is 2.18. The minimum absolute atomic E-state index is 0.351. The van der Waals surface area contributed by atoms with Gasteiger partial charge in [-0.15, -0.1) is 0 Å². The fourth-order valence-corrected chi connectivity index (χ4v) is 2.48. The summed E-state index contributed by atoms with van der Waals surface area (Å²) in [5.74, 6) is 2.22. The Morgan fingerprint density at radius 1 is 1.04 bits per heavy atom. The summed E-state index contributed by atoms with van der Waals surface area (Å²) < 4.78 is 10.5. The number of rotatable bonds is 8. The lowest BCUT2D eigenvalue weighted by molar-refractivity contribution is 0.180. The van der Waals surface area contributed by atoms with Crippen molar-refractivity contribution in [2.24, 2.45) is 4.99 Å². The summed E-state index contributed by atoms with van der Waals surface area (Å²) in [6.07, 6.45) is -0.643. The monoisotopic (exact) mass is 357 g/mol. The number of nitrogens with one attached hydrogen (secondary N) is 2. The van der Waals surface area contributed by atoms with Crippen molar-refractivity contribution in [1.82, 2.24) is 10.6 Å². The Bertz CT molecular complexity index is 702. The summed E-state index contributed by atoms with van der Waals surface area (Å²) in [6, 6.07) is 15.2. The molecule has 0 aliphatic rings. The predicted octanol–water partition coefficient (Wildman–Crippen LogP) is 2.49. The fourth-order valence-electron chi connectivity index (χ4n) is 2.48. The summed E-state index contributed by atoms with van der Waals surface area (Å²) in [7, 11) is 3.27. The van der Waals surface area contributed by atoms with E-state index in [1.165, 1.54) is 0 Å². The van der Waals surface area contributed by atoms with Crippen LogP contribution in [-0.2, 0) is 6.54 Å². The van der Waals surface area contributed by atoms with Crippen molar-refractivity contribution in [2.45, 2.75) is 19.6 Å². The maximum atomic E-state index is 10.4. The van der Waals surface area contributed by atoms with Gasteiger partial charge in [-0.25, -0.2) is 4.99 Å². The number of guanidine groups is 1. The summed E-state index contributed by atoms with van der Waals surface area (Å²) in [4.78, 5) is 4.57. The Morgan fingerprint density at radius 3 is 2.42 bits per heavy atom. The van der Waals surface area contributed by atoms with Gasteiger partial charge in [-0.1, -0.05) is 30.3 Å². The first-order chi connectivity index (χ1) is 12.7. The van der Waals surface area contributed by atoms with Crippen molar-refractivity contribution < 1.29 is 14.6 Å². The van der Waals surface area contributed by atoms with E-state index in [1.807, 2.05) is 55.5 Å². The lowest BCUT2D eigenvalue weighted by atomic mass is 10.1. The Hall–Kier alpha value is -2.73. The summed E-state index contributed by atoms with van der Waals surface area (Å²) in [5, 5.41) is 16.7. The standard InChI is InChI=1S/C20H27N3O3/c1-4-21-20(22-13-16-7-5-6-8-19(16)26-3)23-14-18(24)15-9-11-17(25-2)12-10-15/h5-12,18,24H,4,13-14H2,1-3H3,(H2,21,22,23). The van der Waals surface area contributed by atoms with Gasteiger partial charge in [0, 0.05) is 18.7 Å². The molecule has 1 unspecified atom stereocenters. The van der Waals surface area contributed by atoms with Crippen LogP contribution < -0.4 is 20.1 Å². The number of aliphatic imine (C=N–C) groups is 1. The van der Waals surface area contributed by atoms with Gasteiger partial charge in [0.1, 0.15) is 11.5 Å². The molecule has 0 saturated carbocycles. The van der Waals surface area contributed by atoms with Crippen LogP contribution in [0.5, 0.6) is 11.5 Å². The average molecular weight is 357 g/mol. The lowest BCUT2D eigenvalue weighted by Crippen LogP contribution is -2.39. The molecule has 0 amide bonds. The van der Waals surface area contributed by atoms with Gasteiger partial charge < -0.3 is 25.2 Å². The van der Waals surface area contributed by atoms with Crippen LogP contribution in [0.25, 0.3) is 0 Å². The SMILES string of the molecule is CCNC(=NCc1ccccc1OC)NCC(O)c1ccc(OC)cc1. The number of hydrogen-bond acceptors (Lipinski definition) is 4. The molecular formula is C20H27N3O3. The molecule has 26 heavy (non-hydrogen) atoms. The van der Waals surface area contributed by atoms with Crippen LogP contribution in [0.4, 0.5) is 0 Å². The minimum atomic E-state index is -0.643. The van der Waals surface area contributed by atoms with Gasteiger partial charge in [-0.3, -0.25) is 0 Å². The van der Waals surface area contributed by atoms with Crippen LogP contribution in [0.1, 0.15) is 24.2 Å². The van der Waals surface area contributed by atoms with Crippen LogP contribution in [0.15, 0.2) is 53.5 Å². The van der Waals surface area contributed by atoms with Crippen LogP contribution in [0.2, 0.25) is 0 Å². The topological polar surface area (TPSA) is 75.1 Å². The normalized spacial score (nSPS) is 12.4. The van der Waals surface area contributed by atoms with E-state index in [1.54, 1.807) is 14.2 Å². The highest BCUT2D eigenvalue weighted by molar-refractivity contribution is 5.79. The number of ether oxygens (including phenoxy) is 2. The molecule has 0 saturated heterocycles. The number of benzene rings is 2. The van der Waals surface area contributed by atoms with E-state index < -0.39 is 6.10 Å². The van der Waals surface area contributed by atoms with Crippen molar-refractivity contribution in [2.75, 3.05) is 27.3 Å². The second kappa shape index (κ2) is 10.3. The second-order valence-corrected chi connectivity index (χ2v) is 5.68. The van der Waals surface area contributed by atoms with Crippen LogP contribution in [-0.4, -0.2) is 38.4 Å². The maximum Gasteiger partial charge on any atom is 0.191 e. The fraction of sp³-hybridized carbons (Fsp3) is 0.350. The zero-order valence-corrected chi connectivity index (χ0v) is 15.5. The number of methoxy groups -OCH3 is 2. The zero-order chi connectivity index (χ0) is 18.8. The molecule has 0 heterocycles. The number of aliphatic hydroxyl groups excluding tert-OH is 1.